The smallest absolute Gasteiger partial charge is 0.407 e. The van der Waals surface area contributed by atoms with Crippen molar-refractivity contribution in [3.63, 3.8) is 0 Å². The minimum absolute atomic E-state index is 0.0170. The molecule has 2 rings (SSSR count). The summed E-state index contributed by atoms with van der Waals surface area (Å²) in [7, 11) is -2.85. The molecule has 1 aromatic rings. The van der Waals surface area contributed by atoms with E-state index in [4.69, 9.17) is 9.05 Å². The molecule has 0 aliphatic carbocycles. The summed E-state index contributed by atoms with van der Waals surface area (Å²) < 4.78 is 28.3. The zero-order valence-corrected chi connectivity index (χ0v) is 18.0. The zero-order chi connectivity index (χ0) is 21.7. The summed E-state index contributed by atoms with van der Waals surface area (Å²) in [6.07, 6.45) is 0.333. The van der Waals surface area contributed by atoms with E-state index in [0.29, 0.717) is 4.88 Å². The molecule has 1 unspecified atom stereocenters. The lowest BCUT2D eigenvalue weighted by atomic mass is 9.87. The Morgan fingerprint density at radius 2 is 2.21 bits per heavy atom. The first-order chi connectivity index (χ1) is 13.6. The van der Waals surface area contributed by atoms with E-state index in [0.717, 1.165) is 0 Å². The average molecular weight is 449 g/mol. The molecule has 2 heterocycles. The molecule has 3 N–H and O–H groups in total. The van der Waals surface area contributed by atoms with Gasteiger partial charge in [-0.2, -0.15) is 0 Å². The van der Waals surface area contributed by atoms with Crippen LogP contribution in [0, 0.1) is 5.41 Å². The topological polar surface area (TPSA) is 153 Å². The van der Waals surface area contributed by atoms with E-state index in [1.165, 1.54) is 24.6 Å². The molecule has 1 fully saturated rings. The van der Waals surface area contributed by atoms with E-state index in [1.54, 1.807) is 19.4 Å². The van der Waals surface area contributed by atoms with E-state index in [2.05, 4.69) is 20.1 Å². The molecule has 0 aromatic carbocycles. The number of esters is 1. The van der Waals surface area contributed by atoms with Crippen molar-refractivity contribution in [3.8, 4) is 0 Å². The maximum Gasteiger partial charge on any atom is 0.407 e. The molecule has 1 saturated heterocycles. The molecule has 29 heavy (non-hydrogen) atoms. The van der Waals surface area contributed by atoms with Crippen LogP contribution in [0.25, 0.3) is 0 Å². The van der Waals surface area contributed by atoms with Gasteiger partial charge in [0, 0.05) is 29.5 Å². The van der Waals surface area contributed by atoms with E-state index >= 15 is 0 Å². The number of carboxylic acid groups (broad SMARTS) is 1. The molecule has 1 aliphatic heterocycles. The van der Waals surface area contributed by atoms with Crippen LogP contribution in [0.5, 0.6) is 0 Å². The fourth-order valence-electron chi connectivity index (χ4n) is 2.52. The Balaban J connectivity index is 2.06. The lowest BCUT2D eigenvalue weighted by molar-refractivity contribution is -0.141. The van der Waals surface area contributed by atoms with E-state index in [-0.39, 0.29) is 26.0 Å². The average Bonchev–Trinajstić information content (AvgIpc) is 3.16. The zero-order valence-electron chi connectivity index (χ0n) is 16.2. The molecule has 1 aromatic heterocycles. The van der Waals surface area contributed by atoms with Crippen LogP contribution in [0.1, 0.15) is 25.1 Å². The first-order valence-electron chi connectivity index (χ1n) is 8.72. The second kappa shape index (κ2) is 9.77. The number of amides is 1. The number of nitrogens with one attached hydrogen (secondary N) is 2. The number of aromatic nitrogens is 1. The molecule has 0 radical (unpaired) electrons. The molecular weight excluding hydrogens is 425 g/mol. The molecule has 0 spiro atoms. The van der Waals surface area contributed by atoms with Gasteiger partial charge in [-0.05, 0) is 0 Å². The van der Waals surface area contributed by atoms with Gasteiger partial charge < -0.3 is 15.2 Å². The van der Waals surface area contributed by atoms with Gasteiger partial charge in [0.2, 0.25) is 5.91 Å². The van der Waals surface area contributed by atoms with Crippen molar-refractivity contribution in [2.75, 3.05) is 20.3 Å². The highest BCUT2D eigenvalue weighted by atomic mass is 32.1. The van der Waals surface area contributed by atoms with Crippen molar-refractivity contribution in [2.45, 2.75) is 38.8 Å². The maximum atomic E-state index is 13.0. The van der Waals surface area contributed by atoms with Crippen molar-refractivity contribution < 1.29 is 37.8 Å². The van der Waals surface area contributed by atoms with Gasteiger partial charge in [-0.3, -0.25) is 28.4 Å². The predicted molar refractivity (Wildman–Crippen MR) is 102 cm³/mol. The molecule has 13 heteroatoms. The van der Waals surface area contributed by atoms with Gasteiger partial charge in [0.1, 0.15) is 6.04 Å². The predicted octanol–water partition coefficient (Wildman–Crippen LogP) is 0.957. The van der Waals surface area contributed by atoms with Crippen LogP contribution in [-0.2, 0) is 39.2 Å². The molecule has 1 aliphatic rings. The minimum atomic E-state index is -4.09. The molecular formula is C16H24N3O8PS. The van der Waals surface area contributed by atoms with Gasteiger partial charge in [0.05, 0.1) is 25.6 Å². The number of nitrogens with zero attached hydrogens (tertiary/aromatic N) is 1. The second-order valence-electron chi connectivity index (χ2n) is 7.05. The normalized spacial score (nSPS) is 24.4. The Kier molecular flexibility index (Phi) is 7.89. The van der Waals surface area contributed by atoms with Crippen molar-refractivity contribution >= 4 is 36.9 Å². The Labute approximate surface area is 171 Å². The van der Waals surface area contributed by atoms with Crippen LogP contribution in [0.2, 0.25) is 0 Å². The van der Waals surface area contributed by atoms with Crippen molar-refractivity contribution in [3.05, 3.63) is 16.6 Å². The van der Waals surface area contributed by atoms with Crippen LogP contribution in [-0.4, -0.2) is 60.3 Å². The summed E-state index contributed by atoms with van der Waals surface area (Å²) in [5.74, 6) is -2.32. The summed E-state index contributed by atoms with van der Waals surface area (Å²) in [6, 6.07) is -1.26. The molecule has 0 saturated carbocycles. The number of thiazole rings is 1. The second-order valence-corrected chi connectivity index (χ2v) is 9.75. The van der Waals surface area contributed by atoms with Crippen LogP contribution in [0.4, 0.5) is 0 Å². The Morgan fingerprint density at radius 1 is 1.48 bits per heavy atom. The summed E-state index contributed by atoms with van der Waals surface area (Å²) >= 11 is 1.26. The molecule has 1 amide bonds. The van der Waals surface area contributed by atoms with E-state index in [1.807, 2.05) is 0 Å². The van der Waals surface area contributed by atoms with Gasteiger partial charge in [-0.1, -0.05) is 13.8 Å². The Morgan fingerprint density at radius 3 is 2.79 bits per heavy atom. The van der Waals surface area contributed by atoms with Gasteiger partial charge in [0.15, 0.2) is 6.10 Å². The third kappa shape index (κ3) is 6.58. The number of rotatable bonds is 9. The van der Waals surface area contributed by atoms with Gasteiger partial charge >= 0.3 is 19.7 Å². The van der Waals surface area contributed by atoms with Gasteiger partial charge in [-0.15, -0.1) is 11.3 Å². The highest BCUT2D eigenvalue weighted by Crippen LogP contribution is 2.53. The number of hydrogen-bond acceptors (Lipinski definition) is 9. The summed E-state index contributed by atoms with van der Waals surface area (Å²) in [4.78, 5) is 39.8. The number of carbonyl (C=O) groups excluding carboxylic acids is 2. The standard InChI is InChI=1S/C16H24N3O8PS/c1-16(2)8-26-28(24,19-11(15(22)23)6-10-7-17-9-29-10)27-13(16)14(21)18-5-4-12(20)25-3/h7,9,11,13H,4-6,8H2,1-3H3,(H,18,21)(H,19,24)(H,22,23)/t11-,13-,28?/m0/s1. The van der Waals surface area contributed by atoms with Crippen LogP contribution in [0.15, 0.2) is 11.7 Å². The number of methoxy groups -OCH3 is 1. The summed E-state index contributed by atoms with van der Waals surface area (Å²) in [5, 5.41) is 14.4. The van der Waals surface area contributed by atoms with E-state index in [9.17, 15) is 24.1 Å². The molecule has 162 valence electrons. The third-order valence-electron chi connectivity index (χ3n) is 4.16. The number of hydrogen-bond donors (Lipinski definition) is 3. The van der Waals surface area contributed by atoms with Crippen LogP contribution in [0.3, 0.4) is 0 Å². The monoisotopic (exact) mass is 449 g/mol. The highest BCUT2D eigenvalue weighted by Gasteiger charge is 2.49. The van der Waals surface area contributed by atoms with E-state index < -0.39 is 43.2 Å². The van der Waals surface area contributed by atoms with Crippen molar-refractivity contribution in [1.29, 1.82) is 0 Å². The third-order valence-corrected chi connectivity index (χ3v) is 6.54. The number of carbonyl (C=O) groups is 3. The first kappa shape index (κ1) is 23.4. The number of aliphatic carboxylic acids is 1. The molecule has 11 nitrogen and oxygen atoms in total. The fourth-order valence-corrected chi connectivity index (χ4v) is 5.10. The number of carboxylic acids is 1. The fraction of sp³-hybridized carbons (Fsp3) is 0.625. The van der Waals surface area contributed by atoms with Crippen LogP contribution < -0.4 is 10.4 Å². The largest absolute Gasteiger partial charge is 0.480 e. The molecule has 3 atom stereocenters. The lowest BCUT2D eigenvalue weighted by Gasteiger charge is -2.40. The Hall–Kier alpha value is -1.85. The SMILES string of the molecule is COC(=O)CCNC(=O)[C@@H]1OP(=O)(N[C@@H](Cc2cncs2)C(=O)O)OCC1(C)C. The Bertz CT molecular complexity index is 785. The lowest BCUT2D eigenvalue weighted by Crippen LogP contribution is -2.52. The quantitative estimate of drug-likeness (QED) is 0.367. The summed E-state index contributed by atoms with van der Waals surface area (Å²) in [5.41, 5.74) is 0.725. The van der Waals surface area contributed by atoms with Crippen molar-refractivity contribution in [2.24, 2.45) is 5.41 Å². The maximum absolute atomic E-state index is 13.0. The van der Waals surface area contributed by atoms with Gasteiger partial charge in [0.25, 0.3) is 0 Å². The van der Waals surface area contributed by atoms with Gasteiger partial charge in [-0.25, -0.2) is 9.65 Å². The van der Waals surface area contributed by atoms with Crippen molar-refractivity contribution in [1.82, 2.24) is 15.4 Å². The van der Waals surface area contributed by atoms with Crippen LogP contribution >= 0.6 is 19.1 Å². The number of ether oxygens (including phenoxy) is 1. The summed E-state index contributed by atoms with van der Waals surface area (Å²) in [6.45, 7) is 3.29. The molecule has 0 bridgehead atoms. The first-order valence-corrected chi connectivity index (χ1v) is 11.1. The minimum Gasteiger partial charge on any atom is -0.480 e. The highest BCUT2D eigenvalue weighted by molar-refractivity contribution is 7.51.